The van der Waals surface area contributed by atoms with Gasteiger partial charge < -0.3 is 14.6 Å². The molecule has 3 rings (SSSR count). The Balaban J connectivity index is 1.87. The molecule has 30 heavy (non-hydrogen) atoms. The molecule has 1 N–H and O–H groups in total. The molecule has 1 aliphatic rings. The highest BCUT2D eigenvalue weighted by Crippen LogP contribution is 2.41. The van der Waals surface area contributed by atoms with Crippen molar-refractivity contribution in [3.63, 3.8) is 0 Å². The summed E-state index contributed by atoms with van der Waals surface area (Å²) in [6.45, 7) is 2.95. The molecule has 0 bridgehead atoms. The van der Waals surface area contributed by atoms with Gasteiger partial charge in [0.25, 0.3) is 11.6 Å². The second kappa shape index (κ2) is 7.98. The number of carbonyl (C=O) groups is 1. The van der Waals surface area contributed by atoms with Gasteiger partial charge in [-0.3, -0.25) is 4.79 Å². The van der Waals surface area contributed by atoms with Crippen LogP contribution in [0.25, 0.3) is 0 Å². The quantitative estimate of drug-likeness (QED) is 0.800. The first-order chi connectivity index (χ1) is 14.0. The minimum absolute atomic E-state index is 0.0600. The number of amides is 1. The lowest BCUT2D eigenvalue weighted by molar-refractivity contribution is -0.302. The summed E-state index contributed by atoms with van der Waals surface area (Å²) in [6, 6.07) is 11.4. The molecule has 0 saturated carbocycles. The Morgan fingerprint density at radius 2 is 1.83 bits per heavy atom. The maximum absolute atomic E-state index is 13.7. The standard InChI is InChI=1S/C21H21F3N2O4/c1-13-7-14(2)9-17(8-13)30-12-19(27)26-20(28,21(22,23)24)11-18(25-26)15-5-4-6-16(10-15)29-3/h4-10,28H,11-12H2,1-3H3/t20-/m0/s1. The van der Waals surface area contributed by atoms with E-state index in [0.29, 0.717) is 17.1 Å². The van der Waals surface area contributed by atoms with Crippen LogP contribution in [-0.2, 0) is 4.79 Å². The fourth-order valence-electron chi connectivity index (χ4n) is 3.21. The van der Waals surface area contributed by atoms with Gasteiger partial charge in [-0.1, -0.05) is 18.2 Å². The van der Waals surface area contributed by atoms with Crippen LogP contribution in [-0.4, -0.2) is 47.4 Å². The van der Waals surface area contributed by atoms with Crippen molar-refractivity contribution in [3.8, 4) is 11.5 Å². The second-order valence-electron chi connectivity index (χ2n) is 7.09. The monoisotopic (exact) mass is 422 g/mol. The topological polar surface area (TPSA) is 71.4 Å². The SMILES string of the molecule is COc1cccc(C2=NN(C(=O)COc3cc(C)cc(C)c3)[C@@](O)(C(F)(F)F)C2)c1. The Hall–Kier alpha value is -3.07. The van der Waals surface area contributed by atoms with Crippen molar-refractivity contribution < 1.29 is 32.5 Å². The van der Waals surface area contributed by atoms with Gasteiger partial charge in [-0.25, -0.2) is 0 Å². The van der Waals surface area contributed by atoms with E-state index in [0.717, 1.165) is 11.1 Å². The van der Waals surface area contributed by atoms with Crippen molar-refractivity contribution in [2.24, 2.45) is 5.10 Å². The number of methoxy groups -OCH3 is 1. The molecule has 1 aliphatic heterocycles. The van der Waals surface area contributed by atoms with E-state index in [1.54, 1.807) is 24.3 Å². The molecule has 0 saturated heterocycles. The number of aliphatic hydroxyl groups is 1. The third-order valence-electron chi connectivity index (χ3n) is 4.64. The van der Waals surface area contributed by atoms with Gasteiger partial charge in [0.05, 0.1) is 19.2 Å². The Kier molecular flexibility index (Phi) is 5.76. The smallest absolute Gasteiger partial charge is 0.438 e. The van der Waals surface area contributed by atoms with Crippen molar-refractivity contribution in [2.75, 3.05) is 13.7 Å². The number of halogens is 3. The number of ether oxygens (including phenoxy) is 2. The minimum atomic E-state index is -5.12. The summed E-state index contributed by atoms with van der Waals surface area (Å²) in [7, 11) is 1.42. The van der Waals surface area contributed by atoms with Crippen LogP contribution in [0, 0.1) is 13.8 Å². The van der Waals surface area contributed by atoms with Crippen molar-refractivity contribution in [2.45, 2.75) is 32.2 Å². The van der Waals surface area contributed by atoms with Gasteiger partial charge in [0.15, 0.2) is 6.61 Å². The van der Waals surface area contributed by atoms with Crippen molar-refractivity contribution in [1.82, 2.24) is 5.01 Å². The number of rotatable bonds is 5. The Bertz CT molecular complexity index is 970. The molecular formula is C21H21F3N2O4. The molecule has 0 aromatic heterocycles. The maximum atomic E-state index is 13.7. The molecule has 1 heterocycles. The van der Waals surface area contributed by atoms with E-state index in [9.17, 15) is 23.1 Å². The largest absolute Gasteiger partial charge is 0.497 e. The van der Waals surface area contributed by atoms with E-state index >= 15 is 0 Å². The second-order valence-corrected chi connectivity index (χ2v) is 7.09. The number of nitrogens with zero attached hydrogens (tertiary/aromatic N) is 2. The van der Waals surface area contributed by atoms with Crippen LogP contribution in [0.1, 0.15) is 23.1 Å². The summed E-state index contributed by atoms with van der Waals surface area (Å²) >= 11 is 0. The summed E-state index contributed by atoms with van der Waals surface area (Å²) in [4.78, 5) is 12.6. The number of carbonyl (C=O) groups excluding carboxylic acids is 1. The third-order valence-corrected chi connectivity index (χ3v) is 4.64. The van der Waals surface area contributed by atoms with E-state index in [2.05, 4.69) is 5.10 Å². The van der Waals surface area contributed by atoms with Crippen LogP contribution in [0.5, 0.6) is 11.5 Å². The summed E-state index contributed by atoms with van der Waals surface area (Å²) in [6.07, 6.45) is -6.02. The first-order valence-corrected chi connectivity index (χ1v) is 9.08. The van der Waals surface area contributed by atoms with Crippen LogP contribution in [0.15, 0.2) is 47.6 Å². The highest BCUT2D eigenvalue weighted by atomic mass is 19.4. The van der Waals surface area contributed by atoms with Gasteiger partial charge in [0.1, 0.15) is 11.5 Å². The molecule has 0 fully saturated rings. The lowest BCUT2D eigenvalue weighted by Crippen LogP contribution is -2.57. The van der Waals surface area contributed by atoms with Gasteiger partial charge in [-0.15, -0.1) is 0 Å². The number of aryl methyl sites for hydroxylation is 2. The molecule has 6 nitrogen and oxygen atoms in total. The molecule has 160 valence electrons. The van der Waals surface area contributed by atoms with Gasteiger partial charge in [-0.2, -0.15) is 23.3 Å². The predicted octanol–water partition coefficient (Wildman–Crippen LogP) is 3.58. The molecule has 1 atom stereocenters. The first-order valence-electron chi connectivity index (χ1n) is 9.08. The van der Waals surface area contributed by atoms with Crippen LogP contribution < -0.4 is 9.47 Å². The Morgan fingerprint density at radius 1 is 1.17 bits per heavy atom. The average Bonchev–Trinajstić information content (AvgIpc) is 3.04. The van der Waals surface area contributed by atoms with Crippen LogP contribution in [0.3, 0.4) is 0 Å². The number of hydrazone groups is 1. The predicted molar refractivity (Wildman–Crippen MR) is 103 cm³/mol. The summed E-state index contributed by atoms with van der Waals surface area (Å²) in [5.74, 6) is -0.367. The molecular weight excluding hydrogens is 401 g/mol. The third kappa shape index (κ3) is 4.25. The van der Waals surface area contributed by atoms with Gasteiger partial charge >= 0.3 is 6.18 Å². The highest BCUT2D eigenvalue weighted by Gasteiger charge is 2.63. The molecule has 0 unspecified atom stereocenters. The molecule has 9 heteroatoms. The summed E-state index contributed by atoms with van der Waals surface area (Å²) in [5, 5.41) is 14.2. The van der Waals surface area contributed by atoms with Crippen molar-refractivity contribution in [3.05, 3.63) is 59.2 Å². The van der Waals surface area contributed by atoms with E-state index in [1.165, 1.54) is 19.2 Å². The van der Waals surface area contributed by atoms with Gasteiger partial charge in [-0.05, 0) is 49.2 Å². The normalized spacial score (nSPS) is 18.9. The molecule has 0 radical (unpaired) electrons. The van der Waals surface area contributed by atoms with E-state index in [1.807, 2.05) is 19.9 Å². The zero-order valence-electron chi connectivity index (χ0n) is 16.7. The number of hydrogen-bond donors (Lipinski definition) is 1. The number of benzene rings is 2. The average molecular weight is 422 g/mol. The number of alkyl halides is 3. The molecule has 2 aromatic rings. The van der Waals surface area contributed by atoms with Crippen molar-refractivity contribution >= 4 is 11.6 Å². The zero-order valence-corrected chi connectivity index (χ0v) is 16.7. The maximum Gasteiger partial charge on any atom is 0.438 e. The summed E-state index contributed by atoms with van der Waals surface area (Å²) in [5.41, 5.74) is -1.49. The van der Waals surface area contributed by atoms with E-state index in [4.69, 9.17) is 9.47 Å². The lowest BCUT2D eigenvalue weighted by Gasteiger charge is -2.32. The van der Waals surface area contributed by atoms with E-state index in [-0.39, 0.29) is 10.7 Å². The molecule has 0 spiro atoms. The zero-order chi connectivity index (χ0) is 22.1. The Labute approximate surface area is 171 Å². The lowest BCUT2D eigenvalue weighted by atomic mass is 10.0. The Morgan fingerprint density at radius 3 is 2.43 bits per heavy atom. The minimum Gasteiger partial charge on any atom is -0.497 e. The van der Waals surface area contributed by atoms with Crippen LogP contribution in [0.2, 0.25) is 0 Å². The first kappa shape index (κ1) is 21.6. The summed E-state index contributed by atoms with van der Waals surface area (Å²) < 4.78 is 51.5. The number of hydrogen-bond acceptors (Lipinski definition) is 5. The van der Waals surface area contributed by atoms with Gasteiger partial charge in [0, 0.05) is 5.56 Å². The molecule has 1 amide bonds. The van der Waals surface area contributed by atoms with Crippen LogP contribution in [0.4, 0.5) is 13.2 Å². The molecule has 0 aliphatic carbocycles. The fraction of sp³-hybridized carbons (Fsp3) is 0.333. The van der Waals surface area contributed by atoms with Crippen LogP contribution >= 0.6 is 0 Å². The van der Waals surface area contributed by atoms with Crippen molar-refractivity contribution in [1.29, 1.82) is 0 Å². The van der Waals surface area contributed by atoms with Gasteiger partial charge in [0.2, 0.25) is 0 Å². The highest BCUT2D eigenvalue weighted by molar-refractivity contribution is 6.03. The molecule has 2 aromatic carbocycles. The fourth-order valence-corrected chi connectivity index (χ4v) is 3.21. The van der Waals surface area contributed by atoms with E-state index < -0.39 is 30.8 Å².